The van der Waals surface area contributed by atoms with E-state index >= 15 is 0 Å². The van der Waals surface area contributed by atoms with Gasteiger partial charge in [-0.3, -0.25) is 23.9 Å². The lowest BCUT2D eigenvalue weighted by molar-refractivity contribution is -0.257. The van der Waals surface area contributed by atoms with Gasteiger partial charge in [-0.1, -0.05) is 26.0 Å². The Hall–Kier alpha value is -4.28. The summed E-state index contributed by atoms with van der Waals surface area (Å²) >= 11 is 0. The van der Waals surface area contributed by atoms with Gasteiger partial charge in [0, 0.05) is 18.2 Å². The van der Waals surface area contributed by atoms with Crippen LogP contribution in [0.3, 0.4) is 0 Å². The van der Waals surface area contributed by atoms with Gasteiger partial charge in [-0.2, -0.15) is 13.2 Å². The van der Waals surface area contributed by atoms with E-state index < -0.39 is 105 Å². The Bertz CT molecular complexity index is 2070. The molecule has 3 fully saturated rings. The first-order chi connectivity index (χ1) is 27.2. The largest absolute Gasteiger partial charge is 0.492 e. The third-order valence-electron chi connectivity index (χ3n) is 12.0. The predicted octanol–water partition coefficient (Wildman–Crippen LogP) is 6.60. The van der Waals surface area contributed by atoms with Crippen LogP contribution in [0.25, 0.3) is 10.8 Å². The third-order valence-corrected chi connectivity index (χ3v) is 13.8. The molecular formula is C41H51F4N3O9S. The van der Waals surface area contributed by atoms with Crippen molar-refractivity contribution < 1.29 is 59.4 Å². The van der Waals surface area contributed by atoms with E-state index in [1.54, 1.807) is 13.8 Å². The first-order valence-corrected chi connectivity index (χ1v) is 21.4. The second-order valence-corrected chi connectivity index (χ2v) is 18.9. The number of nitrogens with one attached hydrogen (secondary N) is 1. The van der Waals surface area contributed by atoms with Crippen molar-refractivity contribution in [1.29, 1.82) is 0 Å². The minimum absolute atomic E-state index is 0.00387. The number of hydrogen-bond acceptors (Lipinski definition) is 10. The Morgan fingerprint density at radius 1 is 1.07 bits per heavy atom. The molecule has 2 aliphatic carbocycles. The maximum atomic E-state index is 14.8. The molecule has 0 unspecified atom stereocenters. The molecule has 0 bridgehead atoms. The van der Waals surface area contributed by atoms with E-state index in [9.17, 15) is 45.2 Å². The van der Waals surface area contributed by atoms with E-state index in [0.29, 0.717) is 49.8 Å². The van der Waals surface area contributed by atoms with Gasteiger partial charge in [-0.25, -0.2) is 17.8 Å². The van der Waals surface area contributed by atoms with Crippen LogP contribution in [0.1, 0.15) is 92.4 Å². The third kappa shape index (κ3) is 9.28. The van der Waals surface area contributed by atoms with E-state index in [2.05, 4.69) is 9.71 Å². The zero-order valence-corrected chi connectivity index (χ0v) is 34.1. The summed E-state index contributed by atoms with van der Waals surface area (Å²) < 4.78 is 101. The second kappa shape index (κ2) is 16.4. The maximum absolute atomic E-state index is 14.8. The zero-order valence-electron chi connectivity index (χ0n) is 33.3. The van der Waals surface area contributed by atoms with Crippen LogP contribution < -0.4 is 14.2 Å². The summed E-state index contributed by atoms with van der Waals surface area (Å²) in [6.07, 6.45) is 0.760. The number of amides is 2. The normalized spacial score (nSPS) is 29.1. The van der Waals surface area contributed by atoms with Crippen molar-refractivity contribution in [2.24, 2.45) is 29.1 Å². The lowest BCUT2D eigenvalue weighted by Crippen LogP contribution is -2.48. The van der Waals surface area contributed by atoms with Gasteiger partial charge in [-0.15, -0.1) is 0 Å². The summed E-state index contributed by atoms with van der Waals surface area (Å²) in [4.78, 5) is 62.1. The molecule has 3 heterocycles. The van der Waals surface area contributed by atoms with E-state index in [0.717, 1.165) is 13.8 Å². The van der Waals surface area contributed by atoms with Gasteiger partial charge in [0.1, 0.15) is 17.7 Å². The average Bonchev–Trinajstić information content (AvgIpc) is 4.06. The SMILES string of the molecule is CCOc1cnc(O[C@@H]2C[C@H]3C(=O)C[C@]4(C(=O)NS(=O)(=O)C5CC5)C[C@H]4/C=C\CC[C@@H](C)C[C@@H](C)[C@H](CC(=O)OC(C)(C)C(F)(F)F)C(=O)N3C2)c2cc(F)ccc12. The van der Waals surface area contributed by atoms with Crippen molar-refractivity contribution in [3.05, 3.63) is 42.4 Å². The molecule has 0 spiro atoms. The van der Waals surface area contributed by atoms with Crippen molar-refractivity contribution in [2.45, 2.75) is 122 Å². The highest BCUT2D eigenvalue weighted by atomic mass is 32.2. The van der Waals surface area contributed by atoms with E-state index in [-0.39, 0.29) is 36.6 Å². The molecule has 12 nitrogen and oxygen atoms in total. The maximum Gasteiger partial charge on any atom is 0.427 e. The van der Waals surface area contributed by atoms with Gasteiger partial charge in [0.2, 0.25) is 33.3 Å². The molecule has 2 aliphatic heterocycles. The molecule has 2 aromatic rings. The van der Waals surface area contributed by atoms with Gasteiger partial charge in [0.05, 0.1) is 53.8 Å². The van der Waals surface area contributed by atoms with Crippen LogP contribution in [-0.2, 0) is 33.9 Å². The summed E-state index contributed by atoms with van der Waals surface area (Å²) in [6.45, 7) is 6.99. The van der Waals surface area contributed by atoms with E-state index in [1.807, 2.05) is 19.1 Å². The van der Waals surface area contributed by atoms with Crippen LogP contribution >= 0.6 is 0 Å². The first-order valence-electron chi connectivity index (χ1n) is 19.9. The fourth-order valence-electron chi connectivity index (χ4n) is 8.24. The van der Waals surface area contributed by atoms with Crippen molar-refractivity contribution in [1.82, 2.24) is 14.6 Å². The first kappa shape index (κ1) is 43.3. The summed E-state index contributed by atoms with van der Waals surface area (Å²) in [5, 5.41) is 0.0798. The number of benzene rings is 1. The van der Waals surface area contributed by atoms with Gasteiger partial charge < -0.3 is 19.1 Å². The predicted molar refractivity (Wildman–Crippen MR) is 203 cm³/mol. The number of ketones is 1. The number of hydrogen-bond donors (Lipinski definition) is 1. The van der Waals surface area contributed by atoms with Crippen molar-refractivity contribution in [3.8, 4) is 11.6 Å². The summed E-state index contributed by atoms with van der Waals surface area (Å²) in [7, 11) is -3.96. The number of aromatic nitrogens is 1. The number of ether oxygens (including phenoxy) is 3. The highest BCUT2D eigenvalue weighted by Crippen LogP contribution is 2.57. The molecule has 4 aliphatic rings. The molecule has 2 amide bonds. The van der Waals surface area contributed by atoms with Gasteiger partial charge >= 0.3 is 12.1 Å². The zero-order chi connectivity index (χ0) is 42.4. The second-order valence-electron chi connectivity index (χ2n) is 16.9. The minimum atomic E-state index is -4.89. The Labute approximate surface area is 335 Å². The molecule has 1 saturated heterocycles. The molecule has 6 rings (SSSR count). The molecule has 2 saturated carbocycles. The lowest BCUT2D eigenvalue weighted by atomic mass is 9.82. The summed E-state index contributed by atoms with van der Waals surface area (Å²) in [5.41, 5.74) is -4.24. The lowest BCUT2D eigenvalue weighted by Gasteiger charge is -2.33. The molecular weight excluding hydrogens is 787 g/mol. The number of pyridine rings is 1. The Morgan fingerprint density at radius 3 is 2.47 bits per heavy atom. The number of rotatable bonds is 10. The average molecular weight is 838 g/mol. The van der Waals surface area contributed by atoms with Gasteiger partial charge in [-0.05, 0) is 95.2 Å². The molecule has 58 heavy (non-hydrogen) atoms. The fourth-order valence-corrected chi connectivity index (χ4v) is 9.62. The number of sulfonamides is 1. The highest BCUT2D eigenvalue weighted by molar-refractivity contribution is 7.90. The van der Waals surface area contributed by atoms with Crippen molar-refractivity contribution in [3.63, 3.8) is 0 Å². The van der Waals surface area contributed by atoms with Crippen LogP contribution in [0.15, 0.2) is 36.5 Å². The van der Waals surface area contributed by atoms with Crippen LogP contribution in [0.4, 0.5) is 17.6 Å². The van der Waals surface area contributed by atoms with Crippen molar-refractivity contribution in [2.75, 3.05) is 13.2 Å². The minimum Gasteiger partial charge on any atom is -0.492 e. The number of alkyl halides is 3. The van der Waals surface area contributed by atoms with Crippen molar-refractivity contribution >= 4 is 44.4 Å². The van der Waals surface area contributed by atoms with Gasteiger partial charge in [0.15, 0.2) is 5.78 Å². The van der Waals surface area contributed by atoms with Gasteiger partial charge in [0.25, 0.3) is 0 Å². The number of halogens is 4. The van der Waals surface area contributed by atoms with E-state index in [4.69, 9.17) is 14.2 Å². The molecule has 1 aromatic heterocycles. The summed E-state index contributed by atoms with van der Waals surface area (Å²) in [6, 6.07) is 2.74. The molecule has 1 aromatic carbocycles. The molecule has 1 N–H and O–H groups in total. The number of allylic oxidation sites excluding steroid dienone is 2. The standard InChI is InChI=1S/C41H51F4N3O9S/c1-6-55-34-21-46-36(31-16-26(42)11-14-29(31)34)56-27-17-32-33(49)20-40(38(52)47-58(53,54)28-12-13-28)19-25(40)10-8-7-9-23(2)15-24(3)30(37(51)48(32)22-27)18-35(50)57-39(4,5)41(43,44)45/h8,10-11,14,16,21,23-25,27-28,30,32H,6-7,9,12-13,15,17-20,22H2,1-5H3,(H,47,52)/b10-8-/t23-,24-,25-,27-,30+,32+,40-/m1/s1. The molecule has 318 valence electrons. The number of carbonyl (C=O) groups is 4. The smallest absolute Gasteiger partial charge is 0.427 e. The van der Waals surface area contributed by atoms with Crippen LogP contribution in [0, 0.1) is 34.9 Å². The molecule has 7 atom stereocenters. The molecule has 0 radical (unpaired) electrons. The summed E-state index contributed by atoms with van der Waals surface area (Å²) in [5.74, 6) is -5.69. The number of Topliss-reactive ketones (excluding diaryl/α,β-unsaturated/α-hetero) is 1. The topological polar surface area (TPSA) is 158 Å². The monoisotopic (exact) mass is 837 g/mol. The number of nitrogens with zero attached hydrogens (tertiary/aromatic N) is 2. The number of esters is 1. The number of carbonyl (C=O) groups excluding carboxylic acids is 4. The Morgan fingerprint density at radius 2 is 1.79 bits per heavy atom. The van der Waals surface area contributed by atoms with Crippen LogP contribution in [0.5, 0.6) is 11.6 Å². The number of fused-ring (bicyclic) bond motifs is 3. The quantitative estimate of drug-likeness (QED) is 0.157. The highest BCUT2D eigenvalue weighted by Gasteiger charge is 2.62. The Balaban J connectivity index is 1.36. The van der Waals surface area contributed by atoms with E-state index in [1.165, 1.54) is 29.3 Å². The Kier molecular flexibility index (Phi) is 12.2. The molecule has 17 heteroatoms. The van der Waals surface area contributed by atoms with Crippen LogP contribution in [-0.4, -0.2) is 84.2 Å². The van der Waals surface area contributed by atoms with Crippen LogP contribution in [0.2, 0.25) is 0 Å². The fraction of sp³-hybridized carbons (Fsp3) is 0.634.